The van der Waals surface area contributed by atoms with Crippen LogP contribution in [-0.2, 0) is 0 Å². The van der Waals surface area contributed by atoms with Crippen molar-refractivity contribution in [3.8, 4) is 11.5 Å². The van der Waals surface area contributed by atoms with Crippen LogP contribution in [0.2, 0.25) is 0 Å². The van der Waals surface area contributed by atoms with Crippen molar-refractivity contribution in [1.29, 1.82) is 0 Å². The zero-order chi connectivity index (χ0) is 19.2. The van der Waals surface area contributed by atoms with Gasteiger partial charge in [0.1, 0.15) is 24.1 Å². The van der Waals surface area contributed by atoms with Gasteiger partial charge in [-0.25, -0.2) is 0 Å². The van der Waals surface area contributed by atoms with Gasteiger partial charge in [0.05, 0.1) is 26.8 Å². The number of carbonyl (C=O) groups excluding carboxylic acids is 1. The average Bonchev–Trinajstić information content (AvgIpc) is 2.67. The summed E-state index contributed by atoms with van der Waals surface area (Å²) in [5.74, 6) is 0.747. The lowest BCUT2D eigenvalue weighted by Crippen LogP contribution is -2.61. The van der Waals surface area contributed by atoms with Crippen LogP contribution in [0.3, 0.4) is 0 Å². The second kappa shape index (κ2) is 8.69. The number of para-hydroxylation sites is 1. The zero-order valence-electron chi connectivity index (χ0n) is 15.7. The van der Waals surface area contributed by atoms with Crippen molar-refractivity contribution in [2.24, 2.45) is 0 Å². The number of aliphatic hydroxyl groups excluding tert-OH is 1. The molecular formula is C20H27N2O4+. The smallest absolute Gasteiger partial charge is 0.300 e. The topological polar surface area (TPSA) is 67.8 Å². The molecule has 2 atom stereocenters. The maximum absolute atomic E-state index is 13.0. The number of methoxy groups -OCH3 is 2. The molecule has 0 saturated heterocycles. The highest BCUT2D eigenvalue weighted by molar-refractivity contribution is 5.97. The number of quaternary nitrogens is 1. The monoisotopic (exact) mass is 359 g/mol. The van der Waals surface area contributed by atoms with Gasteiger partial charge in [-0.2, -0.15) is 10.0 Å². The van der Waals surface area contributed by atoms with Crippen LogP contribution in [0.4, 0.5) is 5.69 Å². The molecule has 0 saturated carbocycles. The highest BCUT2D eigenvalue weighted by Crippen LogP contribution is 2.26. The molecule has 0 aliphatic carbocycles. The first-order valence-electron chi connectivity index (χ1n) is 8.57. The van der Waals surface area contributed by atoms with Gasteiger partial charge in [0, 0.05) is 18.2 Å². The van der Waals surface area contributed by atoms with E-state index in [4.69, 9.17) is 9.47 Å². The second-order valence-electron chi connectivity index (χ2n) is 6.28. The summed E-state index contributed by atoms with van der Waals surface area (Å²) >= 11 is 0. The average molecular weight is 359 g/mol. The van der Waals surface area contributed by atoms with Gasteiger partial charge in [0.25, 0.3) is 5.91 Å². The Kier molecular flexibility index (Phi) is 6.60. The number of likely N-dealkylation sites (N-methyl/N-ethyl adjacent to an activating group) is 1. The number of hydrogen-bond donors (Lipinski definition) is 2. The summed E-state index contributed by atoms with van der Waals surface area (Å²) in [5, 5.41) is 10.2. The third-order valence-electron chi connectivity index (χ3n) is 4.37. The number of nitrogens with one attached hydrogen (secondary N) is 1. The van der Waals surface area contributed by atoms with Gasteiger partial charge in [0.15, 0.2) is 5.69 Å². The van der Waals surface area contributed by atoms with E-state index in [2.05, 4.69) is 5.43 Å². The largest absolute Gasteiger partial charge is 0.497 e. The van der Waals surface area contributed by atoms with E-state index in [-0.39, 0.29) is 10.5 Å². The molecule has 6 heteroatoms. The minimum absolute atomic E-state index is 0.0733. The minimum Gasteiger partial charge on any atom is -0.497 e. The van der Waals surface area contributed by atoms with Gasteiger partial charge >= 0.3 is 0 Å². The number of ether oxygens (including phenoxy) is 2. The quantitative estimate of drug-likeness (QED) is 0.562. The van der Waals surface area contributed by atoms with Crippen LogP contribution in [0.1, 0.15) is 23.7 Å². The van der Waals surface area contributed by atoms with Gasteiger partial charge in [-0.3, -0.25) is 4.79 Å². The molecule has 140 valence electrons. The van der Waals surface area contributed by atoms with Gasteiger partial charge in [-0.05, 0) is 18.6 Å². The predicted molar refractivity (Wildman–Crippen MR) is 102 cm³/mol. The van der Waals surface area contributed by atoms with Gasteiger partial charge in [0.2, 0.25) is 0 Å². The lowest BCUT2D eigenvalue weighted by Gasteiger charge is -2.34. The Balaban J connectivity index is 2.35. The van der Waals surface area contributed by atoms with E-state index in [1.54, 1.807) is 25.3 Å². The summed E-state index contributed by atoms with van der Waals surface area (Å²) in [5.41, 5.74) is 4.30. The molecule has 1 amide bonds. The van der Waals surface area contributed by atoms with Gasteiger partial charge < -0.3 is 14.6 Å². The predicted octanol–water partition coefficient (Wildman–Crippen LogP) is 2.76. The summed E-state index contributed by atoms with van der Waals surface area (Å²) in [4.78, 5) is 13.0. The summed E-state index contributed by atoms with van der Waals surface area (Å²) in [6.07, 6.45) is 0.0563. The van der Waals surface area contributed by atoms with Gasteiger partial charge in [-0.1, -0.05) is 25.1 Å². The molecule has 26 heavy (non-hydrogen) atoms. The van der Waals surface area contributed by atoms with Crippen LogP contribution in [0.25, 0.3) is 0 Å². The Labute approximate surface area is 154 Å². The van der Waals surface area contributed by atoms with E-state index in [0.717, 1.165) is 5.69 Å². The van der Waals surface area contributed by atoms with Crippen molar-refractivity contribution in [3.05, 3.63) is 54.1 Å². The lowest BCUT2D eigenvalue weighted by atomic mass is 10.1. The number of benzene rings is 2. The molecule has 2 unspecified atom stereocenters. The molecule has 0 spiro atoms. The van der Waals surface area contributed by atoms with Crippen molar-refractivity contribution in [2.75, 3.05) is 27.8 Å². The van der Waals surface area contributed by atoms with E-state index >= 15 is 0 Å². The molecule has 0 fully saturated rings. The molecule has 6 nitrogen and oxygen atoms in total. The Morgan fingerprint density at radius 3 is 2.42 bits per heavy atom. The molecule has 2 rings (SSSR count). The van der Waals surface area contributed by atoms with Crippen LogP contribution >= 0.6 is 0 Å². The van der Waals surface area contributed by atoms with Crippen LogP contribution < -0.4 is 19.5 Å². The molecular weight excluding hydrogens is 332 g/mol. The SMILES string of the molecule is CCC(O)C[N+](C)(NC(=O)c1ccc(OC)cc1OC)c1ccccc1. The third kappa shape index (κ3) is 4.53. The molecule has 2 aromatic carbocycles. The number of aliphatic hydroxyl groups is 1. The summed E-state index contributed by atoms with van der Waals surface area (Å²) in [7, 11) is 4.93. The maximum Gasteiger partial charge on any atom is 0.300 e. The van der Waals surface area contributed by atoms with E-state index in [9.17, 15) is 9.90 Å². The van der Waals surface area contributed by atoms with Crippen LogP contribution in [0.15, 0.2) is 48.5 Å². The Morgan fingerprint density at radius 1 is 1.15 bits per heavy atom. The standard InChI is InChI=1S/C20H26N2O4/c1-5-16(23)14-22(2,15-9-7-6-8-10-15)21-20(24)18-12-11-17(25-3)13-19(18)26-4/h6-13,16,23H,5,14H2,1-4H3/p+1. The fourth-order valence-electron chi connectivity index (χ4n) is 2.79. The molecule has 0 heterocycles. The summed E-state index contributed by atoms with van der Waals surface area (Å²) in [6.45, 7) is 2.26. The highest BCUT2D eigenvalue weighted by Gasteiger charge is 2.32. The van der Waals surface area contributed by atoms with E-state index in [1.165, 1.54) is 7.11 Å². The number of amides is 1. The van der Waals surface area contributed by atoms with Crippen molar-refractivity contribution in [2.45, 2.75) is 19.4 Å². The van der Waals surface area contributed by atoms with Crippen LogP contribution in [-0.4, -0.2) is 44.9 Å². The molecule has 0 aliphatic heterocycles. The van der Waals surface area contributed by atoms with Crippen molar-refractivity contribution >= 4 is 11.6 Å². The van der Waals surface area contributed by atoms with Crippen molar-refractivity contribution < 1.29 is 19.4 Å². The van der Waals surface area contributed by atoms with E-state index < -0.39 is 6.10 Å². The lowest BCUT2D eigenvalue weighted by molar-refractivity contribution is 0.0702. The maximum atomic E-state index is 13.0. The van der Waals surface area contributed by atoms with Crippen molar-refractivity contribution in [1.82, 2.24) is 10.0 Å². The summed E-state index contributed by atoms with van der Waals surface area (Å²) < 4.78 is 10.6. The Hall–Kier alpha value is -2.57. The number of rotatable bonds is 8. The normalized spacial score (nSPS) is 14.2. The van der Waals surface area contributed by atoms with E-state index in [1.807, 2.05) is 44.3 Å². The van der Waals surface area contributed by atoms with Crippen LogP contribution in [0, 0.1) is 0 Å². The Morgan fingerprint density at radius 2 is 1.85 bits per heavy atom. The number of hydrogen-bond acceptors (Lipinski definition) is 4. The number of nitrogens with zero attached hydrogens (tertiary/aromatic N) is 1. The molecule has 0 radical (unpaired) electrons. The van der Waals surface area contributed by atoms with Crippen molar-refractivity contribution in [3.63, 3.8) is 0 Å². The third-order valence-corrected chi connectivity index (χ3v) is 4.37. The molecule has 0 aliphatic rings. The number of carbonyl (C=O) groups is 1. The first-order valence-corrected chi connectivity index (χ1v) is 8.57. The molecule has 0 bridgehead atoms. The molecule has 0 aromatic heterocycles. The fourth-order valence-corrected chi connectivity index (χ4v) is 2.79. The zero-order valence-corrected chi connectivity index (χ0v) is 15.7. The fraction of sp³-hybridized carbons (Fsp3) is 0.350. The van der Waals surface area contributed by atoms with Crippen LogP contribution in [0.5, 0.6) is 11.5 Å². The second-order valence-corrected chi connectivity index (χ2v) is 6.28. The summed E-state index contributed by atoms with van der Waals surface area (Å²) in [6, 6.07) is 14.6. The Bertz CT molecular complexity index is 736. The minimum atomic E-state index is -0.543. The first kappa shape index (κ1) is 19.8. The van der Waals surface area contributed by atoms with E-state index in [0.29, 0.717) is 30.0 Å². The van der Waals surface area contributed by atoms with Gasteiger partial charge in [-0.15, -0.1) is 0 Å². The molecule has 2 aromatic rings. The highest BCUT2D eigenvalue weighted by atomic mass is 16.5. The molecule has 2 N–H and O–H groups in total. The first-order chi connectivity index (χ1) is 12.4.